The van der Waals surface area contributed by atoms with Crippen molar-refractivity contribution < 1.29 is 9.53 Å². The predicted molar refractivity (Wildman–Crippen MR) is 152 cm³/mol. The minimum Gasteiger partial charge on any atom is -0.440 e. The summed E-state index contributed by atoms with van der Waals surface area (Å²) in [6.45, 7) is 10.4. The molecule has 0 radical (unpaired) electrons. The topological polar surface area (TPSA) is 91.9 Å². The maximum Gasteiger partial charge on any atom is 0.205 e. The molecule has 0 saturated heterocycles. The molecule has 0 fully saturated rings. The van der Waals surface area contributed by atoms with Crippen molar-refractivity contribution >= 4 is 22.8 Å². The number of allylic oxidation sites excluding steroid dienone is 2. The van der Waals surface area contributed by atoms with Crippen molar-refractivity contribution in [3.05, 3.63) is 117 Å². The first-order valence-corrected chi connectivity index (χ1v) is 12.7. The summed E-state index contributed by atoms with van der Waals surface area (Å²) in [5.41, 5.74) is 13.9. The maximum atomic E-state index is 12.9. The molecule has 0 saturated carbocycles. The third-order valence-electron chi connectivity index (χ3n) is 7.14. The van der Waals surface area contributed by atoms with E-state index < -0.39 is 5.92 Å². The van der Waals surface area contributed by atoms with Crippen molar-refractivity contribution in [2.75, 3.05) is 0 Å². The van der Waals surface area contributed by atoms with Crippen LogP contribution in [0.1, 0.15) is 70.6 Å². The van der Waals surface area contributed by atoms with Crippen molar-refractivity contribution in [2.45, 2.75) is 46.0 Å². The monoisotopic (exact) mass is 501 g/mol. The number of para-hydroxylation sites is 1. The van der Waals surface area contributed by atoms with Crippen LogP contribution in [0.5, 0.6) is 5.75 Å². The summed E-state index contributed by atoms with van der Waals surface area (Å²) in [7, 11) is 0. The molecule has 5 rings (SSSR count). The number of nitriles is 1. The van der Waals surface area contributed by atoms with E-state index in [-0.39, 0.29) is 17.1 Å². The molecule has 0 amide bonds. The molecule has 3 N–H and O–H groups in total. The van der Waals surface area contributed by atoms with Gasteiger partial charge in [0, 0.05) is 33.3 Å². The smallest absolute Gasteiger partial charge is 0.205 e. The highest BCUT2D eigenvalue weighted by Crippen LogP contribution is 2.49. The summed E-state index contributed by atoms with van der Waals surface area (Å²) in [6.07, 6.45) is 3.44. The van der Waals surface area contributed by atoms with Crippen LogP contribution in [-0.4, -0.2) is 10.8 Å². The van der Waals surface area contributed by atoms with Gasteiger partial charge in [-0.25, -0.2) is 0 Å². The van der Waals surface area contributed by atoms with Crippen molar-refractivity contribution in [2.24, 2.45) is 5.73 Å². The predicted octanol–water partition coefficient (Wildman–Crippen LogP) is 7.20. The summed E-state index contributed by atoms with van der Waals surface area (Å²) in [5.74, 6) is 0.313. The molecule has 4 aromatic rings. The highest BCUT2D eigenvalue weighted by molar-refractivity contribution is 6.06. The van der Waals surface area contributed by atoms with E-state index in [4.69, 9.17) is 10.5 Å². The van der Waals surface area contributed by atoms with Crippen LogP contribution >= 0.6 is 0 Å². The third kappa shape index (κ3) is 4.39. The van der Waals surface area contributed by atoms with Crippen molar-refractivity contribution in [3.8, 4) is 11.8 Å². The van der Waals surface area contributed by atoms with Crippen LogP contribution in [0.3, 0.4) is 0 Å². The number of ketones is 1. The van der Waals surface area contributed by atoms with Crippen molar-refractivity contribution in [3.63, 3.8) is 0 Å². The number of ether oxygens (including phenoxy) is 1. The molecule has 1 atom stereocenters. The van der Waals surface area contributed by atoms with E-state index in [1.807, 2.05) is 74.5 Å². The first-order valence-electron chi connectivity index (χ1n) is 12.7. The van der Waals surface area contributed by atoms with Gasteiger partial charge in [0.15, 0.2) is 5.78 Å². The quantitative estimate of drug-likeness (QED) is 0.228. The van der Waals surface area contributed by atoms with Gasteiger partial charge in [0.2, 0.25) is 5.88 Å². The van der Waals surface area contributed by atoms with E-state index in [2.05, 4.69) is 37.9 Å². The van der Waals surface area contributed by atoms with Crippen LogP contribution < -0.4 is 10.5 Å². The summed E-state index contributed by atoms with van der Waals surface area (Å²) < 4.78 is 6.17. The van der Waals surface area contributed by atoms with Gasteiger partial charge in [-0.15, -0.1) is 0 Å². The molecule has 0 aliphatic carbocycles. The number of hydrogen-bond acceptors (Lipinski definition) is 4. The number of rotatable bonds is 4. The van der Waals surface area contributed by atoms with Gasteiger partial charge in [0.1, 0.15) is 17.4 Å². The number of aromatic nitrogens is 1. The Kier molecular flexibility index (Phi) is 6.20. The zero-order valence-electron chi connectivity index (χ0n) is 22.3. The largest absolute Gasteiger partial charge is 0.440 e. The third-order valence-corrected chi connectivity index (χ3v) is 7.14. The molecule has 5 nitrogen and oxygen atoms in total. The fourth-order valence-electron chi connectivity index (χ4n) is 5.19. The Morgan fingerprint density at radius 1 is 1.08 bits per heavy atom. The second-order valence-electron chi connectivity index (χ2n) is 10.9. The lowest BCUT2D eigenvalue weighted by Crippen LogP contribution is -2.25. The number of H-pyrrole nitrogens is 1. The van der Waals surface area contributed by atoms with Crippen LogP contribution in [0.15, 0.2) is 78.2 Å². The fourth-order valence-corrected chi connectivity index (χ4v) is 5.19. The number of nitrogens with one attached hydrogen (secondary N) is 1. The number of nitrogens with zero attached hydrogens (tertiary/aromatic N) is 1. The zero-order valence-corrected chi connectivity index (χ0v) is 22.3. The zero-order chi connectivity index (χ0) is 27.2. The van der Waals surface area contributed by atoms with E-state index in [0.717, 1.165) is 44.4 Å². The van der Waals surface area contributed by atoms with Crippen LogP contribution in [0.4, 0.5) is 0 Å². The van der Waals surface area contributed by atoms with Crippen LogP contribution in [0, 0.1) is 25.2 Å². The SMILES string of the molecule is Cc1ccc(C(=O)/C=C/c2cc3c(c(C(C)(C)C)c2)OC(N)=C(C#N)C3c2c(C)[nH]c3ccccc23)cc1. The number of carbonyl (C=O) groups excluding carboxylic acids is 1. The summed E-state index contributed by atoms with van der Waals surface area (Å²) in [6, 6.07) is 22.0. The molecule has 190 valence electrons. The maximum absolute atomic E-state index is 12.9. The number of fused-ring (bicyclic) bond motifs is 2. The van der Waals surface area contributed by atoms with Gasteiger partial charge in [0.05, 0.1) is 5.92 Å². The van der Waals surface area contributed by atoms with Gasteiger partial charge in [-0.1, -0.05) is 74.9 Å². The number of nitrogens with two attached hydrogens (primary N) is 1. The lowest BCUT2D eigenvalue weighted by Gasteiger charge is -2.32. The second kappa shape index (κ2) is 9.39. The Morgan fingerprint density at radius 3 is 2.47 bits per heavy atom. The van der Waals surface area contributed by atoms with E-state index in [9.17, 15) is 10.1 Å². The Hall–Kier alpha value is -4.56. The Labute approximate surface area is 223 Å². The number of hydrogen-bond donors (Lipinski definition) is 2. The lowest BCUT2D eigenvalue weighted by molar-refractivity contribution is 0.104. The van der Waals surface area contributed by atoms with Gasteiger partial charge in [-0.3, -0.25) is 4.79 Å². The average Bonchev–Trinajstić information content (AvgIpc) is 3.21. The molecular formula is C33H31N3O2. The molecule has 1 aliphatic heterocycles. The summed E-state index contributed by atoms with van der Waals surface area (Å²) >= 11 is 0. The van der Waals surface area contributed by atoms with Gasteiger partial charge in [-0.2, -0.15) is 5.26 Å². The standard InChI is InChI=1S/C33H31N3O2/c1-19-10-13-22(14-11-19)28(37)15-12-21-16-24-30(29-20(2)36-27-9-7-6-8-23(27)29)25(18-34)32(35)38-31(24)26(17-21)33(3,4)5/h6-17,30,36H,35H2,1-5H3/b15-12+. The van der Waals surface area contributed by atoms with E-state index in [0.29, 0.717) is 16.9 Å². The molecule has 1 aromatic heterocycles. The molecule has 38 heavy (non-hydrogen) atoms. The van der Waals surface area contributed by atoms with Crippen LogP contribution in [0.25, 0.3) is 17.0 Å². The van der Waals surface area contributed by atoms with Crippen LogP contribution in [0.2, 0.25) is 0 Å². The molecule has 1 aliphatic rings. The first-order chi connectivity index (χ1) is 18.1. The lowest BCUT2D eigenvalue weighted by atomic mass is 9.77. The van der Waals surface area contributed by atoms with E-state index >= 15 is 0 Å². The molecule has 2 heterocycles. The number of aromatic amines is 1. The van der Waals surface area contributed by atoms with Gasteiger partial charge < -0.3 is 15.5 Å². The number of aryl methyl sites for hydroxylation is 2. The van der Waals surface area contributed by atoms with Crippen LogP contribution in [-0.2, 0) is 5.41 Å². The Bertz CT molecular complexity index is 1670. The molecule has 1 unspecified atom stereocenters. The van der Waals surface area contributed by atoms with Gasteiger partial charge in [0.25, 0.3) is 0 Å². The Morgan fingerprint density at radius 2 is 1.79 bits per heavy atom. The van der Waals surface area contributed by atoms with Gasteiger partial charge >= 0.3 is 0 Å². The number of carbonyl (C=O) groups is 1. The van der Waals surface area contributed by atoms with Crippen molar-refractivity contribution in [1.82, 2.24) is 4.98 Å². The van der Waals surface area contributed by atoms with E-state index in [1.54, 1.807) is 6.08 Å². The molecule has 0 bridgehead atoms. The first kappa shape index (κ1) is 25.1. The molecule has 5 heteroatoms. The van der Waals surface area contributed by atoms with E-state index in [1.165, 1.54) is 0 Å². The average molecular weight is 502 g/mol. The molecule has 3 aromatic carbocycles. The van der Waals surface area contributed by atoms with Crippen molar-refractivity contribution in [1.29, 1.82) is 5.26 Å². The Balaban J connectivity index is 1.71. The summed E-state index contributed by atoms with van der Waals surface area (Å²) in [4.78, 5) is 16.4. The highest BCUT2D eigenvalue weighted by Gasteiger charge is 2.36. The minimum absolute atomic E-state index is 0.0674. The summed E-state index contributed by atoms with van der Waals surface area (Å²) in [5, 5.41) is 11.2. The van der Waals surface area contributed by atoms with Gasteiger partial charge in [-0.05, 0) is 54.7 Å². The second-order valence-corrected chi connectivity index (χ2v) is 10.9. The number of benzene rings is 3. The molecule has 0 spiro atoms. The normalized spacial score (nSPS) is 15.4. The molecular weight excluding hydrogens is 470 g/mol. The fraction of sp³-hybridized carbons (Fsp3) is 0.212. The minimum atomic E-state index is -0.415. The highest BCUT2D eigenvalue weighted by atomic mass is 16.5.